The average molecular weight is 385 g/mol. The first-order chi connectivity index (χ1) is 13.1. The highest BCUT2D eigenvalue weighted by atomic mass is 35.5. The summed E-state index contributed by atoms with van der Waals surface area (Å²) < 4.78 is 0. The first-order valence-electron chi connectivity index (χ1n) is 8.28. The first-order valence-corrected chi connectivity index (χ1v) is 8.66. The van der Waals surface area contributed by atoms with Gasteiger partial charge >= 0.3 is 0 Å². The van der Waals surface area contributed by atoms with Gasteiger partial charge in [-0.25, -0.2) is 4.98 Å². The summed E-state index contributed by atoms with van der Waals surface area (Å²) in [7, 11) is 0. The van der Waals surface area contributed by atoms with E-state index in [4.69, 9.17) is 11.6 Å². The van der Waals surface area contributed by atoms with Crippen molar-refractivity contribution in [2.24, 2.45) is 0 Å². The number of benzene rings is 1. The molecule has 0 bridgehead atoms. The topological polar surface area (TPSA) is 113 Å². The first kappa shape index (κ1) is 18.5. The molecule has 2 heterocycles. The molecule has 0 spiro atoms. The smallest absolute Gasteiger partial charge is 0.271 e. The molecule has 138 valence electrons. The second-order valence-corrected chi connectivity index (χ2v) is 6.01. The minimum absolute atomic E-state index is 0.150. The van der Waals surface area contributed by atoms with Crippen LogP contribution in [0.1, 0.15) is 27.4 Å². The monoisotopic (exact) mass is 384 g/mol. The lowest BCUT2D eigenvalue weighted by molar-refractivity contribution is 0.0946. The molecule has 0 aliphatic carbocycles. The molecule has 0 aliphatic heterocycles. The standard InChI is InChI=1S/C18H17ClN6O2/c19-16-11-20-10-15(23-16)18(27)22-8-4-7-21-17(26)14-9-13(24-25-14)12-5-2-1-3-6-12/h1-3,5-6,9-11H,4,7-8H2,(H,21,26)(H,22,27)(H,24,25). The molecule has 0 atom stereocenters. The summed E-state index contributed by atoms with van der Waals surface area (Å²) in [5.74, 6) is -0.617. The van der Waals surface area contributed by atoms with Gasteiger partial charge in [-0.1, -0.05) is 41.9 Å². The number of carbonyl (C=O) groups is 2. The van der Waals surface area contributed by atoms with Gasteiger partial charge in [-0.05, 0) is 12.5 Å². The molecule has 27 heavy (non-hydrogen) atoms. The molecule has 2 amide bonds. The SMILES string of the molecule is O=C(NCCCNC(=O)c1cc(-c2ccccc2)n[nH]1)c1cncc(Cl)n1. The van der Waals surface area contributed by atoms with Crippen molar-refractivity contribution in [2.45, 2.75) is 6.42 Å². The highest BCUT2D eigenvalue weighted by Crippen LogP contribution is 2.16. The van der Waals surface area contributed by atoms with E-state index in [2.05, 4.69) is 30.8 Å². The Morgan fingerprint density at radius 1 is 1.04 bits per heavy atom. The Hall–Kier alpha value is -3.26. The largest absolute Gasteiger partial charge is 0.351 e. The number of hydrogen-bond acceptors (Lipinski definition) is 5. The molecule has 3 N–H and O–H groups in total. The van der Waals surface area contributed by atoms with Gasteiger partial charge < -0.3 is 10.6 Å². The number of halogens is 1. The maximum absolute atomic E-state index is 12.1. The minimum Gasteiger partial charge on any atom is -0.351 e. The zero-order chi connectivity index (χ0) is 19.1. The van der Waals surface area contributed by atoms with Crippen molar-refractivity contribution in [2.75, 3.05) is 13.1 Å². The zero-order valence-corrected chi connectivity index (χ0v) is 15.0. The quantitative estimate of drug-likeness (QED) is 0.540. The van der Waals surface area contributed by atoms with Crippen LogP contribution in [0.25, 0.3) is 11.3 Å². The van der Waals surface area contributed by atoms with Gasteiger partial charge in [-0.2, -0.15) is 5.10 Å². The Labute approximate surface area is 160 Å². The number of nitrogens with zero attached hydrogens (tertiary/aromatic N) is 3. The summed E-state index contributed by atoms with van der Waals surface area (Å²) in [6, 6.07) is 11.3. The average Bonchev–Trinajstić information content (AvgIpc) is 3.18. The lowest BCUT2D eigenvalue weighted by Crippen LogP contribution is -2.30. The van der Waals surface area contributed by atoms with E-state index in [1.807, 2.05) is 30.3 Å². The number of amides is 2. The van der Waals surface area contributed by atoms with E-state index in [0.29, 0.717) is 30.9 Å². The van der Waals surface area contributed by atoms with E-state index in [1.165, 1.54) is 12.4 Å². The Kier molecular flexibility index (Phi) is 6.11. The Bertz CT molecular complexity index is 928. The number of H-pyrrole nitrogens is 1. The Balaban J connectivity index is 1.41. The van der Waals surface area contributed by atoms with Crippen molar-refractivity contribution in [1.29, 1.82) is 0 Å². The van der Waals surface area contributed by atoms with Crippen molar-refractivity contribution < 1.29 is 9.59 Å². The lowest BCUT2D eigenvalue weighted by Gasteiger charge is -2.05. The number of rotatable bonds is 7. The van der Waals surface area contributed by atoms with Crippen molar-refractivity contribution in [3.63, 3.8) is 0 Å². The van der Waals surface area contributed by atoms with E-state index in [1.54, 1.807) is 6.07 Å². The van der Waals surface area contributed by atoms with Crippen LogP contribution in [0.2, 0.25) is 5.15 Å². The van der Waals surface area contributed by atoms with Gasteiger partial charge in [-0.15, -0.1) is 0 Å². The maximum atomic E-state index is 12.1. The molecule has 0 unspecified atom stereocenters. The molecule has 3 rings (SSSR count). The van der Waals surface area contributed by atoms with Crippen molar-refractivity contribution in [1.82, 2.24) is 30.8 Å². The third-order valence-electron chi connectivity index (χ3n) is 3.65. The van der Waals surface area contributed by atoms with Crippen LogP contribution in [0.4, 0.5) is 0 Å². The van der Waals surface area contributed by atoms with Gasteiger partial charge in [0.05, 0.1) is 18.1 Å². The molecule has 0 saturated heterocycles. The summed E-state index contributed by atoms with van der Waals surface area (Å²) >= 11 is 5.70. The second kappa shape index (κ2) is 8.91. The summed E-state index contributed by atoms with van der Waals surface area (Å²) in [4.78, 5) is 31.7. The number of nitrogens with one attached hydrogen (secondary N) is 3. The van der Waals surface area contributed by atoms with Gasteiger partial charge in [0.15, 0.2) is 0 Å². The van der Waals surface area contributed by atoms with E-state index in [-0.39, 0.29) is 22.7 Å². The predicted molar refractivity (Wildman–Crippen MR) is 100 cm³/mol. The second-order valence-electron chi connectivity index (χ2n) is 5.63. The van der Waals surface area contributed by atoms with Crippen LogP contribution < -0.4 is 10.6 Å². The van der Waals surface area contributed by atoms with Crippen LogP contribution in [0.3, 0.4) is 0 Å². The van der Waals surface area contributed by atoms with E-state index < -0.39 is 0 Å². The van der Waals surface area contributed by atoms with Crippen LogP contribution in [0, 0.1) is 0 Å². The lowest BCUT2D eigenvalue weighted by atomic mass is 10.1. The van der Waals surface area contributed by atoms with Gasteiger partial charge in [-0.3, -0.25) is 19.7 Å². The Morgan fingerprint density at radius 3 is 2.52 bits per heavy atom. The van der Waals surface area contributed by atoms with E-state index >= 15 is 0 Å². The third-order valence-corrected chi connectivity index (χ3v) is 3.84. The molecule has 0 fully saturated rings. The van der Waals surface area contributed by atoms with E-state index in [0.717, 1.165) is 5.56 Å². The normalized spacial score (nSPS) is 10.4. The zero-order valence-electron chi connectivity index (χ0n) is 14.3. The van der Waals surface area contributed by atoms with Crippen molar-refractivity contribution >= 4 is 23.4 Å². The summed E-state index contributed by atoms with van der Waals surface area (Å²) in [5, 5.41) is 12.5. The minimum atomic E-state index is -0.364. The Morgan fingerprint density at radius 2 is 1.78 bits per heavy atom. The molecule has 1 aromatic carbocycles. The predicted octanol–water partition coefficient (Wildman–Crippen LogP) is 2.07. The molecule has 9 heteroatoms. The molecule has 0 saturated carbocycles. The highest BCUT2D eigenvalue weighted by molar-refractivity contribution is 6.29. The number of hydrogen-bond donors (Lipinski definition) is 3. The van der Waals surface area contributed by atoms with Gasteiger partial charge in [0, 0.05) is 18.7 Å². The fourth-order valence-electron chi connectivity index (χ4n) is 2.32. The number of aromatic amines is 1. The summed E-state index contributed by atoms with van der Waals surface area (Å²) in [6.45, 7) is 0.783. The highest BCUT2D eigenvalue weighted by Gasteiger charge is 2.11. The molecular formula is C18H17ClN6O2. The number of carbonyl (C=O) groups excluding carboxylic acids is 2. The van der Waals surface area contributed by atoms with Crippen molar-refractivity contribution in [3.05, 3.63) is 65.3 Å². The molecular weight excluding hydrogens is 368 g/mol. The fourth-order valence-corrected chi connectivity index (χ4v) is 2.47. The van der Waals surface area contributed by atoms with Crippen LogP contribution in [-0.4, -0.2) is 45.1 Å². The van der Waals surface area contributed by atoms with E-state index in [9.17, 15) is 9.59 Å². The molecule has 0 radical (unpaired) electrons. The van der Waals surface area contributed by atoms with Gasteiger partial charge in [0.1, 0.15) is 16.5 Å². The molecule has 2 aromatic heterocycles. The van der Waals surface area contributed by atoms with Crippen LogP contribution in [0.5, 0.6) is 0 Å². The van der Waals surface area contributed by atoms with Crippen LogP contribution in [0.15, 0.2) is 48.8 Å². The molecule has 3 aromatic rings. The van der Waals surface area contributed by atoms with Crippen molar-refractivity contribution in [3.8, 4) is 11.3 Å². The number of aromatic nitrogens is 4. The maximum Gasteiger partial charge on any atom is 0.271 e. The van der Waals surface area contributed by atoms with Gasteiger partial charge in [0.2, 0.25) is 0 Å². The van der Waals surface area contributed by atoms with Gasteiger partial charge in [0.25, 0.3) is 11.8 Å². The molecule has 8 nitrogen and oxygen atoms in total. The van der Waals surface area contributed by atoms with Crippen LogP contribution in [-0.2, 0) is 0 Å². The molecule has 0 aliphatic rings. The summed E-state index contributed by atoms with van der Waals surface area (Å²) in [6.07, 6.45) is 3.25. The fraction of sp³-hybridized carbons (Fsp3) is 0.167. The summed E-state index contributed by atoms with van der Waals surface area (Å²) in [5.41, 5.74) is 2.17. The van der Waals surface area contributed by atoms with Crippen LogP contribution >= 0.6 is 11.6 Å². The third kappa shape index (κ3) is 5.11.